The molecule has 37 nitrogen and oxygen atoms in total. The lowest BCUT2D eigenvalue weighted by Crippen LogP contribution is -2.77. The molecule has 13 rings (SSSR count). The number of carboxylic acid groups (broad SMARTS) is 1. The highest BCUT2D eigenvalue weighted by Gasteiger charge is 2.62. The summed E-state index contributed by atoms with van der Waals surface area (Å²) in [5, 5.41) is 129. The molecule has 8 heterocycles. The van der Waals surface area contributed by atoms with E-state index in [-0.39, 0.29) is 45.4 Å². The Balaban J connectivity index is 1.16. The largest absolute Gasteiger partial charge is 0.508 e. The number of aliphatic hydroxyl groups is 5. The van der Waals surface area contributed by atoms with Crippen molar-refractivity contribution in [3.05, 3.63) is 117 Å². The van der Waals surface area contributed by atoms with E-state index >= 15 is 24.0 Å². The molecule has 0 aliphatic carbocycles. The summed E-state index contributed by atoms with van der Waals surface area (Å²) in [4.78, 5) is 147. The molecule has 8 amide bonds. The van der Waals surface area contributed by atoms with Crippen LogP contribution in [0, 0.1) is 11.8 Å². The molecule has 39 heteroatoms. The Morgan fingerprint density at radius 1 is 0.750 bits per heavy atom. The van der Waals surface area contributed by atoms with Crippen LogP contribution in [0.25, 0.3) is 11.1 Å². The topological polar surface area (TPSA) is 571 Å². The third kappa shape index (κ3) is 19.3. The number of hydrogen-bond acceptors (Lipinski definition) is 28. The quantitative estimate of drug-likeness (QED) is 0.0476. The summed E-state index contributed by atoms with van der Waals surface area (Å²) in [5.74, 6) is -18.1. The minimum atomic E-state index is -2.91. The SMILES string of the molecule is CNC1(NC(=O)C(CNC(=O)OC(C)(C)C)CC(C)C)C(=O)NC(CC(N)=O)C(=O)NC2C(=O)NC3CCC(=O)NC4(NC4c4ccc(c(Cl)c4)Oc4cc2cc(c4OC2OC(CO)C(O)C(O)C2OC2CC(C)(NC(=O)OC(C)(C)C)C(O)C(C)O2)Oc2ccc(cc2Cl)C1(C)O)C(=O)CC(C(=O)O)c1cc(O)cc(O)c1-c1cc3ccc1O. The van der Waals surface area contributed by atoms with E-state index in [4.69, 9.17) is 66.8 Å². The van der Waals surface area contributed by atoms with Gasteiger partial charge in [-0.2, -0.15) is 0 Å². The minimum Gasteiger partial charge on any atom is -0.508 e. The molecule has 0 saturated carbocycles. The van der Waals surface area contributed by atoms with Crippen molar-refractivity contribution in [2.45, 2.75) is 228 Å². The van der Waals surface area contributed by atoms with Gasteiger partial charge in [-0.1, -0.05) is 55.2 Å². The summed E-state index contributed by atoms with van der Waals surface area (Å²) in [7, 11) is 1.15. The van der Waals surface area contributed by atoms with Crippen molar-refractivity contribution >= 4 is 82.6 Å². The van der Waals surface area contributed by atoms with Gasteiger partial charge in [0.2, 0.25) is 47.2 Å². The van der Waals surface area contributed by atoms with Crippen LogP contribution in [0.2, 0.25) is 10.0 Å². The van der Waals surface area contributed by atoms with Crippen molar-refractivity contribution < 1.29 is 132 Å². The fraction of sp³-hybridized carbons (Fsp3) is 0.506. The maximum absolute atomic E-state index is 16.5. The Kier molecular flexibility index (Phi) is 26.3. The number of nitrogens with one attached hydrogen (secondary N) is 9. The van der Waals surface area contributed by atoms with Crippen molar-refractivity contribution in [1.29, 1.82) is 0 Å². The molecular weight excluding hydrogens is 1620 g/mol. The maximum atomic E-state index is 16.5. The van der Waals surface area contributed by atoms with Gasteiger partial charge in [0.25, 0.3) is 5.91 Å². The average Bonchev–Trinajstić information content (AvgIpc) is 1.54. The molecule has 5 aromatic rings. The van der Waals surface area contributed by atoms with Gasteiger partial charge in [0.1, 0.15) is 82.1 Å². The summed E-state index contributed by atoms with van der Waals surface area (Å²) in [6.07, 6.45) is -19.5. The summed E-state index contributed by atoms with van der Waals surface area (Å²) in [5.41, 5.74) is -7.32. The molecule has 1 spiro atoms. The van der Waals surface area contributed by atoms with Crippen molar-refractivity contribution in [3.8, 4) is 57.1 Å². The molecule has 8 aliphatic rings. The Labute approximate surface area is 698 Å². The van der Waals surface area contributed by atoms with Crippen LogP contribution in [-0.4, -0.2) is 209 Å². The van der Waals surface area contributed by atoms with Gasteiger partial charge < -0.3 is 127 Å². The predicted octanol–water partition coefficient (Wildman–Crippen LogP) is 4.55. The van der Waals surface area contributed by atoms with Crippen LogP contribution < -0.4 is 67.8 Å². The van der Waals surface area contributed by atoms with Gasteiger partial charge in [-0.25, -0.2) is 9.59 Å². The number of phenols is 3. The molecule has 120 heavy (non-hydrogen) atoms. The zero-order chi connectivity index (χ0) is 88.1. The number of phenolic OH excluding ortho intramolecular Hbond substituents is 3. The molecule has 8 aliphatic heterocycles. The number of aromatic hydroxyl groups is 3. The number of carboxylic acids is 1. The number of carbonyl (C=O) groups is 10. The lowest BCUT2D eigenvalue weighted by Gasteiger charge is -2.48. The normalized spacial score (nSPS) is 29.2. The van der Waals surface area contributed by atoms with Crippen molar-refractivity contribution in [1.82, 2.24) is 47.9 Å². The number of benzene rings is 5. The fourth-order valence-electron chi connectivity index (χ4n) is 15.4. The van der Waals surface area contributed by atoms with E-state index in [0.717, 1.165) is 50.4 Å². The highest BCUT2D eigenvalue weighted by molar-refractivity contribution is 6.32. The Bertz CT molecular complexity index is 4850. The number of alkyl carbamates (subject to hydrolysis) is 2. The molecule has 18 atom stereocenters. The average molecular weight is 1720 g/mol. The molecule has 3 saturated heterocycles. The minimum absolute atomic E-state index is 0.0175. The Morgan fingerprint density at radius 2 is 1.39 bits per heavy atom. The van der Waals surface area contributed by atoms with Crippen LogP contribution >= 0.6 is 23.2 Å². The van der Waals surface area contributed by atoms with Crippen LogP contribution in [-0.2, 0) is 67.6 Å². The number of halogens is 2. The van der Waals surface area contributed by atoms with Gasteiger partial charge >= 0.3 is 18.2 Å². The Morgan fingerprint density at radius 3 is 2.00 bits per heavy atom. The van der Waals surface area contributed by atoms with Gasteiger partial charge in [-0.3, -0.25) is 49.0 Å². The van der Waals surface area contributed by atoms with E-state index in [2.05, 4.69) is 47.9 Å². The predicted molar refractivity (Wildman–Crippen MR) is 423 cm³/mol. The summed E-state index contributed by atoms with van der Waals surface area (Å²) < 4.78 is 50.5. The van der Waals surface area contributed by atoms with Gasteiger partial charge in [-0.05, 0) is 171 Å². The molecule has 3 fully saturated rings. The zero-order valence-corrected chi connectivity index (χ0v) is 69.0. The van der Waals surface area contributed by atoms with Crippen LogP contribution in [0.5, 0.6) is 46.0 Å². The first kappa shape index (κ1) is 90.3. The smallest absolute Gasteiger partial charge is 0.408 e. The number of aliphatic carboxylic acids is 1. The summed E-state index contributed by atoms with van der Waals surface area (Å²) in [6.45, 7) is 15.8. The van der Waals surface area contributed by atoms with Crippen LogP contribution in [0.1, 0.15) is 167 Å². The van der Waals surface area contributed by atoms with Crippen molar-refractivity contribution in [3.63, 3.8) is 0 Å². The molecule has 0 aromatic heterocycles. The number of primary amides is 1. The number of rotatable bonds is 16. The lowest BCUT2D eigenvalue weighted by molar-refractivity contribution is -0.334. The summed E-state index contributed by atoms with van der Waals surface area (Å²) >= 11 is 14.6. The number of ketones is 1. The van der Waals surface area contributed by atoms with E-state index in [1.165, 1.54) is 56.3 Å². The first-order valence-electron chi connectivity index (χ1n) is 38.7. The molecule has 20 N–H and O–H groups in total. The van der Waals surface area contributed by atoms with Gasteiger partial charge in [0.05, 0.1) is 58.6 Å². The number of aliphatic hydroxyl groups excluding tert-OH is 4. The third-order valence-corrected chi connectivity index (χ3v) is 22.1. The number of ether oxygens (including phenoxy) is 8. The first-order chi connectivity index (χ1) is 56.1. The molecule has 18 unspecified atom stereocenters. The second-order valence-electron chi connectivity index (χ2n) is 33.4. The van der Waals surface area contributed by atoms with Gasteiger partial charge in [-0.15, -0.1) is 0 Å². The van der Waals surface area contributed by atoms with E-state index in [0.29, 0.717) is 0 Å². The first-order valence-corrected chi connectivity index (χ1v) is 39.4. The van der Waals surface area contributed by atoms with Gasteiger partial charge in [0, 0.05) is 43.0 Å². The highest BCUT2D eigenvalue weighted by Crippen LogP contribution is 2.52. The molecule has 11 bridgehead atoms. The maximum Gasteiger partial charge on any atom is 0.408 e. The lowest BCUT2D eigenvalue weighted by atomic mass is 9.80. The zero-order valence-electron chi connectivity index (χ0n) is 67.5. The van der Waals surface area contributed by atoms with Crippen LogP contribution in [0.15, 0.2) is 78.9 Å². The number of fused-ring (bicyclic) bond motifs is 15. The fourth-order valence-corrected chi connectivity index (χ4v) is 15.9. The van der Waals surface area contributed by atoms with Gasteiger partial charge in [0.15, 0.2) is 35.3 Å². The van der Waals surface area contributed by atoms with Crippen LogP contribution in [0.3, 0.4) is 0 Å². The number of Topliss-reactive ketones (excluding diaryl/α,β-unsaturated/α-hetero) is 1. The van der Waals surface area contributed by atoms with E-state index in [1.807, 2.05) is 0 Å². The number of likely N-dealkylation sites (N-methyl/N-ethyl adjacent to an activating group) is 1. The van der Waals surface area contributed by atoms with E-state index in [9.17, 15) is 69.9 Å². The second-order valence-corrected chi connectivity index (χ2v) is 34.3. The monoisotopic (exact) mass is 1710 g/mol. The number of hydrogen-bond donors (Lipinski definition) is 19. The molecule has 0 radical (unpaired) electrons. The van der Waals surface area contributed by atoms with E-state index in [1.54, 1.807) is 55.4 Å². The highest BCUT2D eigenvalue weighted by atomic mass is 35.5. The number of nitrogens with two attached hydrogens (primary N) is 1. The molecular formula is C81H100Cl2N10O27. The second kappa shape index (κ2) is 35.0. The molecule has 5 aromatic carbocycles. The van der Waals surface area contributed by atoms with Crippen molar-refractivity contribution in [2.75, 3.05) is 20.2 Å². The van der Waals surface area contributed by atoms with Crippen LogP contribution in [0.4, 0.5) is 9.59 Å². The number of amides is 8. The van der Waals surface area contributed by atoms with E-state index < -0.39 is 285 Å². The molecule has 650 valence electrons. The standard InChI is InChI=1S/C81H100Cl2N10O27/c1-34(2)21-39(32-86-74(110)119-76(4,5)6)68(104)92-81(85-12)73(109)88-48(30-57(84)99)69(105)89-61-38-24-53(64(54(25-38)115-52-19-15-40(26-46(52)83)79(81,11)112)118-72-65(63(102)62(101)55(33-94)116-72)117-59-31-78(10,67(103)35(3)113-59)93-75(111)120-77(7,8)9)114-51-18-14-37(23-45(51)82)66-80(91-66)56(98)29-43(71(107)108)42-27-41(95)28-50(97)60(42)44-22-36(13-17-49(44)96)47(87-70(61)106)16-20-58(100)90-80/h13-15,17-19,22-28,34-35,39,43,47-48,55,59,61-63,65-67,72,85,91,94-97,101-103,112H,16,20-21,29-33H2,1-12H3,(H2,84,99)(H,86,110)(H,87,106)(H,88,109)(H,89,105)(H,90,100)(H,92,104)(H,93,111)(H,107,108). The summed E-state index contributed by atoms with van der Waals surface area (Å²) in [6, 6.07) is 7.68. The Hall–Kier alpha value is -10.4. The van der Waals surface area contributed by atoms with Crippen molar-refractivity contribution in [2.24, 2.45) is 17.6 Å². The third-order valence-electron chi connectivity index (χ3n) is 21.5. The number of carbonyl (C=O) groups excluding carboxylic acids is 9.